The Bertz CT molecular complexity index is 358. The van der Waals surface area contributed by atoms with Gasteiger partial charge < -0.3 is 15.3 Å². The Morgan fingerprint density at radius 3 is 2.65 bits per heavy atom. The Labute approximate surface area is 124 Å². The predicted molar refractivity (Wildman–Crippen MR) is 79.6 cm³/mol. The van der Waals surface area contributed by atoms with Gasteiger partial charge in [0.05, 0.1) is 5.37 Å². The van der Waals surface area contributed by atoms with Gasteiger partial charge in [0.15, 0.2) is 0 Å². The van der Waals surface area contributed by atoms with Crippen LogP contribution in [0.1, 0.15) is 39.0 Å². The van der Waals surface area contributed by atoms with E-state index in [2.05, 4.69) is 5.32 Å². The molecule has 2 N–H and O–H groups in total. The standard InChI is InChI=1S/C14H24N2O3S/c1-2-13-16(11(9-20-13)14(18)19)12(17)4-3-10-5-7-15-8-6-10/h10-11,13,15H,2-9H2,1H3,(H,18,19). The highest BCUT2D eigenvalue weighted by molar-refractivity contribution is 8.00. The van der Waals surface area contributed by atoms with Crippen molar-refractivity contribution in [3.63, 3.8) is 0 Å². The van der Waals surface area contributed by atoms with Crippen molar-refractivity contribution in [1.82, 2.24) is 10.2 Å². The van der Waals surface area contributed by atoms with E-state index in [4.69, 9.17) is 0 Å². The monoisotopic (exact) mass is 300 g/mol. The number of thioether (sulfide) groups is 1. The van der Waals surface area contributed by atoms with Gasteiger partial charge in [0.1, 0.15) is 6.04 Å². The van der Waals surface area contributed by atoms with Crippen molar-refractivity contribution in [2.45, 2.75) is 50.4 Å². The summed E-state index contributed by atoms with van der Waals surface area (Å²) in [6, 6.07) is -0.634. The quantitative estimate of drug-likeness (QED) is 0.806. The molecule has 20 heavy (non-hydrogen) atoms. The molecule has 6 heteroatoms. The summed E-state index contributed by atoms with van der Waals surface area (Å²) in [5, 5.41) is 12.6. The van der Waals surface area contributed by atoms with Crippen LogP contribution in [-0.4, -0.2) is 52.1 Å². The largest absolute Gasteiger partial charge is 0.480 e. The summed E-state index contributed by atoms with van der Waals surface area (Å²) in [5.74, 6) is 0.280. The second-order valence-electron chi connectivity index (χ2n) is 5.58. The maximum absolute atomic E-state index is 12.4. The minimum absolute atomic E-state index is 0.0211. The molecule has 0 aromatic heterocycles. The first-order chi connectivity index (χ1) is 9.63. The minimum Gasteiger partial charge on any atom is -0.480 e. The van der Waals surface area contributed by atoms with Crippen LogP contribution < -0.4 is 5.32 Å². The summed E-state index contributed by atoms with van der Waals surface area (Å²) in [6.45, 7) is 4.08. The first-order valence-electron chi connectivity index (χ1n) is 7.49. The normalized spacial score (nSPS) is 27.8. The van der Waals surface area contributed by atoms with Crippen molar-refractivity contribution in [1.29, 1.82) is 0 Å². The highest BCUT2D eigenvalue weighted by Gasteiger charge is 2.40. The number of carboxylic acids is 1. The van der Waals surface area contributed by atoms with Crippen LogP contribution in [0.25, 0.3) is 0 Å². The van der Waals surface area contributed by atoms with Crippen molar-refractivity contribution in [3.8, 4) is 0 Å². The third-order valence-electron chi connectivity index (χ3n) is 4.24. The second kappa shape index (κ2) is 7.31. The Morgan fingerprint density at radius 2 is 2.05 bits per heavy atom. The lowest BCUT2D eigenvalue weighted by molar-refractivity contribution is -0.149. The van der Waals surface area contributed by atoms with Gasteiger partial charge in [-0.15, -0.1) is 11.8 Å². The minimum atomic E-state index is -0.872. The van der Waals surface area contributed by atoms with Gasteiger partial charge in [-0.2, -0.15) is 0 Å². The number of piperidine rings is 1. The van der Waals surface area contributed by atoms with Crippen LogP contribution in [0, 0.1) is 5.92 Å². The number of carboxylic acid groups (broad SMARTS) is 1. The Balaban J connectivity index is 1.89. The zero-order valence-corrected chi connectivity index (χ0v) is 12.8. The molecule has 2 aliphatic rings. The molecule has 0 radical (unpaired) electrons. The Hall–Kier alpha value is -0.750. The fourth-order valence-electron chi connectivity index (χ4n) is 3.03. The van der Waals surface area contributed by atoms with Crippen molar-refractivity contribution >= 4 is 23.6 Å². The van der Waals surface area contributed by atoms with Crippen LogP contribution in [0.3, 0.4) is 0 Å². The fraction of sp³-hybridized carbons (Fsp3) is 0.857. The smallest absolute Gasteiger partial charge is 0.327 e. The summed E-state index contributed by atoms with van der Waals surface area (Å²) in [5.41, 5.74) is 0. The van der Waals surface area contributed by atoms with E-state index >= 15 is 0 Å². The van der Waals surface area contributed by atoms with Gasteiger partial charge in [0, 0.05) is 12.2 Å². The van der Waals surface area contributed by atoms with Crippen LogP contribution in [0.4, 0.5) is 0 Å². The lowest BCUT2D eigenvalue weighted by atomic mass is 9.93. The molecular weight excluding hydrogens is 276 g/mol. The molecule has 5 nitrogen and oxygen atoms in total. The van der Waals surface area contributed by atoms with Gasteiger partial charge in [-0.3, -0.25) is 4.79 Å². The molecule has 0 saturated carbocycles. The van der Waals surface area contributed by atoms with E-state index in [0.29, 0.717) is 18.1 Å². The molecule has 0 aromatic carbocycles. The molecule has 0 aliphatic carbocycles. The van der Waals surface area contributed by atoms with Crippen molar-refractivity contribution in [2.24, 2.45) is 5.92 Å². The van der Waals surface area contributed by atoms with Gasteiger partial charge in [-0.05, 0) is 44.7 Å². The molecular formula is C14H24N2O3S. The number of rotatable bonds is 5. The first-order valence-corrected chi connectivity index (χ1v) is 8.54. The van der Waals surface area contributed by atoms with Gasteiger partial charge in [0.25, 0.3) is 0 Å². The summed E-state index contributed by atoms with van der Waals surface area (Å²) in [4.78, 5) is 25.3. The predicted octanol–water partition coefficient (Wildman–Crippen LogP) is 1.53. The highest BCUT2D eigenvalue weighted by Crippen LogP contribution is 2.32. The molecule has 2 rings (SSSR count). The topological polar surface area (TPSA) is 69.6 Å². The van der Waals surface area contributed by atoms with E-state index in [1.807, 2.05) is 6.92 Å². The Morgan fingerprint density at radius 1 is 1.35 bits per heavy atom. The van der Waals surface area contributed by atoms with E-state index in [0.717, 1.165) is 38.8 Å². The van der Waals surface area contributed by atoms with Crippen molar-refractivity contribution in [3.05, 3.63) is 0 Å². The molecule has 2 aliphatic heterocycles. The Kier molecular flexibility index (Phi) is 5.72. The van der Waals surface area contributed by atoms with Crippen molar-refractivity contribution < 1.29 is 14.7 Å². The van der Waals surface area contributed by atoms with Crippen LogP contribution >= 0.6 is 11.8 Å². The number of nitrogens with zero attached hydrogens (tertiary/aromatic N) is 1. The van der Waals surface area contributed by atoms with Gasteiger partial charge in [0.2, 0.25) is 5.91 Å². The number of hydrogen-bond acceptors (Lipinski definition) is 4. The highest BCUT2D eigenvalue weighted by atomic mass is 32.2. The van der Waals surface area contributed by atoms with Crippen LogP contribution in [0.15, 0.2) is 0 Å². The fourth-order valence-corrected chi connectivity index (χ4v) is 4.40. The summed E-state index contributed by atoms with van der Waals surface area (Å²) >= 11 is 1.59. The van der Waals surface area contributed by atoms with E-state index in [9.17, 15) is 14.7 Å². The van der Waals surface area contributed by atoms with Crippen LogP contribution in [0.5, 0.6) is 0 Å². The molecule has 0 spiro atoms. The second-order valence-corrected chi connectivity index (χ2v) is 6.79. The summed E-state index contributed by atoms with van der Waals surface area (Å²) in [6.07, 6.45) is 4.45. The molecule has 2 saturated heterocycles. The van der Waals surface area contributed by atoms with E-state index in [1.165, 1.54) is 0 Å². The third-order valence-corrected chi connectivity index (χ3v) is 5.69. The number of carbonyl (C=O) groups excluding carboxylic acids is 1. The molecule has 2 atom stereocenters. The molecule has 1 amide bonds. The molecule has 2 fully saturated rings. The van der Waals surface area contributed by atoms with Crippen molar-refractivity contribution in [2.75, 3.05) is 18.8 Å². The number of carbonyl (C=O) groups is 2. The third kappa shape index (κ3) is 3.67. The van der Waals surface area contributed by atoms with Crippen LogP contribution in [0.2, 0.25) is 0 Å². The number of hydrogen-bond donors (Lipinski definition) is 2. The molecule has 2 heterocycles. The molecule has 114 valence electrons. The molecule has 0 bridgehead atoms. The lowest BCUT2D eigenvalue weighted by Crippen LogP contribution is -2.45. The summed E-state index contributed by atoms with van der Waals surface area (Å²) < 4.78 is 0. The zero-order valence-electron chi connectivity index (χ0n) is 12.0. The SMILES string of the molecule is CCC1SCC(C(=O)O)N1C(=O)CCC1CCNCC1. The van der Waals surface area contributed by atoms with Gasteiger partial charge in [-0.25, -0.2) is 4.79 Å². The average molecular weight is 300 g/mol. The molecule has 0 aromatic rings. The van der Waals surface area contributed by atoms with Gasteiger partial charge in [-0.1, -0.05) is 6.92 Å². The maximum Gasteiger partial charge on any atom is 0.327 e. The van der Waals surface area contributed by atoms with Gasteiger partial charge >= 0.3 is 5.97 Å². The van der Waals surface area contributed by atoms with E-state index in [1.54, 1.807) is 16.7 Å². The zero-order chi connectivity index (χ0) is 14.5. The molecule has 2 unspecified atom stereocenters. The lowest BCUT2D eigenvalue weighted by Gasteiger charge is -2.28. The first kappa shape index (κ1) is 15.6. The van der Waals surface area contributed by atoms with E-state index in [-0.39, 0.29) is 11.3 Å². The summed E-state index contributed by atoms with van der Waals surface area (Å²) in [7, 11) is 0. The number of nitrogens with one attached hydrogen (secondary N) is 1. The maximum atomic E-state index is 12.4. The number of aliphatic carboxylic acids is 1. The van der Waals surface area contributed by atoms with E-state index < -0.39 is 12.0 Å². The average Bonchev–Trinajstić information content (AvgIpc) is 2.90. The number of amides is 1. The van der Waals surface area contributed by atoms with Crippen LogP contribution in [-0.2, 0) is 9.59 Å².